The van der Waals surface area contributed by atoms with Crippen LogP contribution >= 0.6 is 0 Å². The number of carbonyl (C=O) groups is 1. The third-order valence-corrected chi connectivity index (χ3v) is 1.78. The predicted molar refractivity (Wildman–Crippen MR) is 57.7 cm³/mol. The summed E-state index contributed by atoms with van der Waals surface area (Å²) in [7, 11) is 0. The summed E-state index contributed by atoms with van der Waals surface area (Å²) in [4.78, 5) is 15.4. The zero-order valence-corrected chi connectivity index (χ0v) is 9.24. The van der Waals surface area contributed by atoms with E-state index in [1.807, 2.05) is 20.8 Å². The third-order valence-electron chi connectivity index (χ3n) is 1.78. The fourth-order valence-electron chi connectivity index (χ4n) is 1.00. The largest absolute Gasteiger partial charge is 0.505 e. The fraction of sp³-hybridized carbons (Fsp3) is 0.455. The van der Waals surface area contributed by atoms with Gasteiger partial charge >= 0.3 is 0 Å². The van der Waals surface area contributed by atoms with Gasteiger partial charge in [0.25, 0.3) is 5.91 Å². The molecule has 4 heteroatoms. The molecule has 2 N–H and O–H groups in total. The monoisotopic (exact) mass is 208 g/mol. The van der Waals surface area contributed by atoms with E-state index in [9.17, 15) is 9.90 Å². The number of nitrogens with one attached hydrogen (secondary N) is 1. The molecule has 0 aromatic carbocycles. The van der Waals surface area contributed by atoms with E-state index in [4.69, 9.17) is 0 Å². The molecule has 0 fully saturated rings. The van der Waals surface area contributed by atoms with Gasteiger partial charge in [0.15, 0.2) is 5.69 Å². The number of aromatic nitrogens is 1. The summed E-state index contributed by atoms with van der Waals surface area (Å²) in [6, 6.07) is 3.02. The van der Waals surface area contributed by atoms with Gasteiger partial charge in [0.1, 0.15) is 5.75 Å². The lowest BCUT2D eigenvalue weighted by Gasteiger charge is -2.18. The molecule has 1 aromatic rings. The van der Waals surface area contributed by atoms with E-state index < -0.39 is 0 Å². The van der Waals surface area contributed by atoms with Crippen LogP contribution in [-0.2, 0) is 0 Å². The second-order valence-corrected chi connectivity index (χ2v) is 4.61. The molecule has 0 aliphatic carbocycles. The quantitative estimate of drug-likeness (QED) is 0.775. The average Bonchev–Trinajstić information content (AvgIpc) is 2.14. The van der Waals surface area contributed by atoms with Crippen LogP contribution < -0.4 is 5.32 Å². The SMILES string of the molecule is CC(C)(C)CNC(=O)c1ncccc1O. The molecule has 0 spiro atoms. The maximum absolute atomic E-state index is 11.6. The minimum absolute atomic E-state index is 0.0139. The third kappa shape index (κ3) is 3.58. The van der Waals surface area contributed by atoms with Crippen molar-refractivity contribution in [2.75, 3.05) is 6.54 Å². The van der Waals surface area contributed by atoms with Crippen LogP contribution in [0.2, 0.25) is 0 Å². The normalized spacial score (nSPS) is 11.1. The van der Waals surface area contributed by atoms with E-state index in [-0.39, 0.29) is 22.8 Å². The minimum Gasteiger partial charge on any atom is -0.505 e. The van der Waals surface area contributed by atoms with Crippen molar-refractivity contribution in [1.29, 1.82) is 0 Å². The van der Waals surface area contributed by atoms with Gasteiger partial charge in [0, 0.05) is 12.7 Å². The van der Waals surface area contributed by atoms with Gasteiger partial charge in [-0.1, -0.05) is 20.8 Å². The van der Waals surface area contributed by atoms with Crippen LogP contribution in [0, 0.1) is 5.41 Å². The first-order valence-electron chi connectivity index (χ1n) is 4.82. The number of hydrogen-bond acceptors (Lipinski definition) is 3. The van der Waals surface area contributed by atoms with Crippen molar-refractivity contribution in [2.24, 2.45) is 5.41 Å². The van der Waals surface area contributed by atoms with Crippen LogP contribution in [0.4, 0.5) is 0 Å². The summed E-state index contributed by atoms with van der Waals surface area (Å²) in [5.41, 5.74) is 0.0850. The average molecular weight is 208 g/mol. The van der Waals surface area contributed by atoms with E-state index in [1.165, 1.54) is 12.3 Å². The molecule has 0 atom stereocenters. The molecule has 0 aliphatic heterocycles. The van der Waals surface area contributed by atoms with E-state index in [2.05, 4.69) is 10.3 Å². The molecule has 1 rings (SSSR count). The number of hydrogen-bond donors (Lipinski definition) is 2. The Morgan fingerprint density at radius 1 is 1.53 bits per heavy atom. The lowest BCUT2D eigenvalue weighted by atomic mass is 9.97. The summed E-state index contributed by atoms with van der Waals surface area (Å²) in [6.07, 6.45) is 1.48. The highest BCUT2D eigenvalue weighted by Crippen LogP contribution is 2.14. The van der Waals surface area contributed by atoms with Gasteiger partial charge in [-0.3, -0.25) is 4.79 Å². The number of rotatable bonds is 2. The Hall–Kier alpha value is -1.58. The van der Waals surface area contributed by atoms with Gasteiger partial charge in [-0.25, -0.2) is 4.98 Å². The van der Waals surface area contributed by atoms with Crippen molar-refractivity contribution in [2.45, 2.75) is 20.8 Å². The number of nitrogens with zero attached hydrogens (tertiary/aromatic N) is 1. The van der Waals surface area contributed by atoms with E-state index >= 15 is 0 Å². The van der Waals surface area contributed by atoms with Crippen LogP contribution in [0.15, 0.2) is 18.3 Å². The smallest absolute Gasteiger partial charge is 0.273 e. The molecule has 0 aliphatic rings. The molecule has 1 amide bonds. The molecular weight excluding hydrogens is 192 g/mol. The zero-order chi connectivity index (χ0) is 11.5. The van der Waals surface area contributed by atoms with Crippen LogP contribution in [0.1, 0.15) is 31.3 Å². The second kappa shape index (κ2) is 4.29. The standard InChI is InChI=1S/C11H16N2O2/c1-11(2,3)7-13-10(15)9-8(14)5-4-6-12-9/h4-6,14H,7H2,1-3H3,(H,13,15). The van der Waals surface area contributed by atoms with Crippen LogP contribution in [0.25, 0.3) is 0 Å². The summed E-state index contributed by atoms with van der Waals surface area (Å²) >= 11 is 0. The Morgan fingerprint density at radius 3 is 2.73 bits per heavy atom. The van der Waals surface area contributed by atoms with Crippen LogP contribution in [0.3, 0.4) is 0 Å². The summed E-state index contributed by atoms with van der Waals surface area (Å²) < 4.78 is 0. The first-order chi connectivity index (χ1) is 6.90. The maximum Gasteiger partial charge on any atom is 0.273 e. The van der Waals surface area contributed by atoms with Crippen molar-refractivity contribution in [3.8, 4) is 5.75 Å². The van der Waals surface area contributed by atoms with Crippen molar-refractivity contribution >= 4 is 5.91 Å². The first-order valence-corrected chi connectivity index (χ1v) is 4.82. The molecule has 0 unspecified atom stereocenters. The molecule has 0 radical (unpaired) electrons. The molecule has 0 bridgehead atoms. The zero-order valence-electron chi connectivity index (χ0n) is 9.24. The van der Waals surface area contributed by atoms with Crippen LogP contribution in [-0.4, -0.2) is 22.5 Å². The molecule has 82 valence electrons. The Labute approximate surface area is 89.3 Å². The number of carbonyl (C=O) groups excluding carboxylic acids is 1. The van der Waals surface area contributed by atoms with E-state index in [1.54, 1.807) is 6.07 Å². The fourth-order valence-corrected chi connectivity index (χ4v) is 1.00. The molecule has 1 heterocycles. The van der Waals surface area contributed by atoms with Crippen molar-refractivity contribution < 1.29 is 9.90 Å². The summed E-state index contributed by atoms with van der Waals surface area (Å²) in [6.45, 7) is 6.60. The number of pyridine rings is 1. The Kier molecular flexibility index (Phi) is 3.29. The Balaban J connectivity index is 2.66. The van der Waals surface area contributed by atoms with Gasteiger partial charge in [-0.05, 0) is 17.5 Å². The van der Waals surface area contributed by atoms with E-state index in [0.29, 0.717) is 6.54 Å². The van der Waals surface area contributed by atoms with Crippen molar-refractivity contribution in [3.05, 3.63) is 24.0 Å². The lowest BCUT2D eigenvalue weighted by Crippen LogP contribution is -2.32. The molecular formula is C11H16N2O2. The summed E-state index contributed by atoms with van der Waals surface area (Å²) in [5.74, 6) is -0.438. The number of aromatic hydroxyl groups is 1. The topological polar surface area (TPSA) is 62.2 Å². The molecule has 0 saturated carbocycles. The summed E-state index contributed by atoms with van der Waals surface area (Å²) in [5, 5.41) is 12.1. The molecule has 1 aromatic heterocycles. The molecule has 4 nitrogen and oxygen atoms in total. The minimum atomic E-state index is -0.344. The van der Waals surface area contributed by atoms with Crippen LogP contribution in [0.5, 0.6) is 5.75 Å². The molecule has 0 saturated heterocycles. The van der Waals surface area contributed by atoms with Crippen molar-refractivity contribution in [1.82, 2.24) is 10.3 Å². The molecule has 15 heavy (non-hydrogen) atoms. The van der Waals surface area contributed by atoms with Gasteiger partial charge in [0.05, 0.1) is 0 Å². The Morgan fingerprint density at radius 2 is 2.20 bits per heavy atom. The first kappa shape index (κ1) is 11.5. The Bertz CT molecular complexity index is 356. The lowest BCUT2D eigenvalue weighted by molar-refractivity contribution is 0.0931. The highest BCUT2D eigenvalue weighted by Gasteiger charge is 2.15. The maximum atomic E-state index is 11.6. The highest BCUT2D eigenvalue weighted by atomic mass is 16.3. The number of amides is 1. The van der Waals surface area contributed by atoms with Gasteiger partial charge in [-0.15, -0.1) is 0 Å². The second-order valence-electron chi connectivity index (χ2n) is 4.61. The van der Waals surface area contributed by atoms with Crippen molar-refractivity contribution in [3.63, 3.8) is 0 Å². The van der Waals surface area contributed by atoms with Gasteiger partial charge in [-0.2, -0.15) is 0 Å². The predicted octanol–water partition coefficient (Wildman–Crippen LogP) is 1.56. The van der Waals surface area contributed by atoms with Gasteiger partial charge in [0.2, 0.25) is 0 Å². The van der Waals surface area contributed by atoms with E-state index in [0.717, 1.165) is 0 Å². The highest BCUT2D eigenvalue weighted by molar-refractivity contribution is 5.94. The van der Waals surface area contributed by atoms with Gasteiger partial charge < -0.3 is 10.4 Å².